The van der Waals surface area contributed by atoms with E-state index in [-0.39, 0.29) is 5.91 Å². The highest BCUT2D eigenvalue weighted by Gasteiger charge is 2.18. The Morgan fingerprint density at radius 3 is 2.65 bits per heavy atom. The third kappa shape index (κ3) is 2.92. The monoisotopic (exact) mass is 339 g/mol. The fourth-order valence-corrected chi connectivity index (χ4v) is 2.45. The van der Waals surface area contributed by atoms with Crippen molar-refractivity contribution in [2.45, 2.75) is 26.9 Å². The predicted molar refractivity (Wildman–Crippen MR) is 79.3 cm³/mol. The Labute approximate surface area is 126 Å². The minimum atomic E-state index is -0.0638. The summed E-state index contributed by atoms with van der Waals surface area (Å²) in [5, 5.41) is 8.62. The highest BCUT2D eigenvalue weighted by molar-refractivity contribution is 9.10. The van der Waals surface area contributed by atoms with Gasteiger partial charge in [-0.25, -0.2) is 0 Å². The van der Waals surface area contributed by atoms with Crippen LogP contribution in [0.25, 0.3) is 0 Å². The fourth-order valence-electron chi connectivity index (χ4n) is 2.01. The Morgan fingerprint density at radius 2 is 2.15 bits per heavy atom. The lowest BCUT2D eigenvalue weighted by Gasteiger charge is -2.16. The maximum Gasteiger partial charge on any atom is 0.272 e. The summed E-state index contributed by atoms with van der Waals surface area (Å²) in [6, 6.07) is 1.79. The van der Waals surface area contributed by atoms with Crippen LogP contribution in [0.4, 0.5) is 0 Å². The molecular formula is C13H18BrN5O. The molecule has 0 aliphatic rings. The molecule has 0 atom stereocenters. The van der Waals surface area contributed by atoms with Crippen molar-refractivity contribution in [1.82, 2.24) is 24.5 Å². The van der Waals surface area contributed by atoms with E-state index in [1.165, 1.54) is 0 Å². The van der Waals surface area contributed by atoms with Gasteiger partial charge in [0.1, 0.15) is 5.69 Å². The molecule has 1 amide bonds. The van der Waals surface area contributed by atoms with Crippen molar-refractivity contribution in [2.24, 2.45) is 7.05 Å². The zero-order chi connectivity index (χ0) is 14.9. The molecule has 0 N–H and O–H groups in total. The van der Waals surface area contributed by atoms with Crippen molar-refractivity contribution in [3.05, 3.63) is 33.8 Å². The van der Waals surface area contributed by atoms with E-state index in [1.54, 1.807) is 29.7 Å². The molecule has 2 aromatic rings. The van der Waals surface area contributed by atoms with Gasteiger partial charge in [0.25, 0.3) is 5.91 Å². The molecule has 7 heteroatoms. The van der Waals surface area contributed by atoms with Crippen LogP contribution in [-0.4, -0.2) is 37.4 Å². The van der Waals surface area contributed by atoms with Gasteiger partial charge >= 0.3 is 0 Å². The molecule has 2 rings (SSSR count). The number of carbonyl (C=O) groups excluding carboxylic acids is 1. The zero-order valence-corrected chi connectivity index (χ0v) is 13.7. The molecule has 0 saturated carbocycles. The quantitative estimate of drug-likeness (QED) is 0.855. The minimum Gasteiger partial charge on any atom is -0.334 e. The lowest BCUT2D eigenvalue weighted by atomic mass is 10.3. The average Bonchev–Trinajstić information content (AvgIpc) is 2.91. The van der Waals surface area contributed by atoms with Crippen molar-refractivity contribution in [3.63, 3.8) is 0 Å². The molecule has 0 radical (unpaired) electrons. The third-order valence-corrected chi connectivity index (χ3v) is 3.73. The van der Waals surface area contributed by atoms with Crippen LogP contribution in [0.2, 0.25) is 0 Å². The van der Waals surface area contributed by atoms with Gasteiger partial charge in [0.05, 0.1) is 22.4 Å². The van der Waals surface area contributed by atoms with Crippen LogP contribution in [0.3, 0.4) is 0 Å². The smallest absolute Gasteiger partial charge is 0.272 e. The molecule has 20 heavy (non-hydrogen) atoms. The Bertz CT molecular complexity index is 631. The van der Waals surface area contributed by atoms with Crippen LogP contribution in [0.15, 0.2) is 16.7 Å². The highest BCUT2D eigenvalue weighted by Crippen LogP contribution is 2.17. The summed E-state index contributed by atoms with van der Waals surface area (Å²) >= 11 is 3.47. The first-order chi connectivity index (χ1) is 9.42. The molecule has 0 aromatic carbocycles. The van der Waals surface area contributed by atoms with Gasteiger partial charge in [-0.15, -0.1) is 0 Å². The maximum absolute atomic E-state index is 12.4. The van der Waals surface area contributed by atoms with Gasteiger partial charge in [-0.2, -0.15) is 10.2 Å². The summed E-state index contributed by atoms with van der Waals surface area (Å²) in [7, 11) is 3.54. The van der Waals surface area contributed by atoms with Crippen LogP contribution in [-0.2, 0) is 20.1 Å². The minimum absolute atomic E-state index is 0.0638. The maximum atomic E-state index is 12.4. The second-order valence-electron chi connectivity index (χ2n) is 4.74. The van der Waals surface area contributed by atoms with E-state index >= 15 is 0 Å². The topological polar surface area (TPSA) is 56.0 Å². The summed E-state index contributed by atoms with van der Waals surface area (Å²) in [5.41, 5.74) is 2.26. The second kappa shape index (κ2) is 5.78. The number of nitrogens with zero attached hydrogens (tertiary/aromatic N) is 5. The summed E-state index contributed by atoms with van der Waals surface area (Å²) < 4.78 is 4.36. The van der Waals surface area contributed by atoms with E-state index in [9.17, 15) is 4.79 Å². The number of amides is 1. The van der Waals surface area contributed by atoms with E-state index in [0.717, 1.165) is 22.4 Å². The summed E-state index contributed by atoms with van der Waals surface area (Å²) in [6.45, 7) is 5.15. The molecule has 0 fully saturated rings. The first-order valence-corrected chi connectivity index (χ1v) is 7.19. The molecule has 0 saturated heterocycles. The molecule has 6 nitrogen and oxygen atoms in total. The van der Waals surface area contributed by atoms with E-state index in [1.807, 2.05) is 24.7 Å². The van der Waals surface area contributed by atoms with Gasteiger partial charge in [0, 0.05) is 26.8 Å². The average molecular weight is 340 g/mol. The van der Waals surface area contributed by atoms with Crippen molar-refractivity contribution >= 4 is 21.8 Å². The van der Waals surface area contributed by atoms with Crippen LogP contribution >= 0.6 is 15.9 Å². The van der Waals surface area contributed by atoms with Gasteiger partial charge in [0.2, 0.25) is 0 Å². The summed E-state index contributed by atoms with van der Waals surface area (Å²) in [6.07, 6.45) is 1.92. The van der Waals surface area contributed by atoms with Crippen LogP contribution in [0, 0.1) is 6.92 Å². The third-order valence-electron chi connectivity index (χ3n) is 3.07. The van der Waals surface area contributed by atoms with Crippen molar-refractivity contribution in [2.75, 3.05) is 7.05 Å². The van der Waals surface area contributed by atoms with Gasteiger partial charge in [-0.05, 0) is 35.8 Å². The van der Waals surface area contributed by atoms with Gasteiger partial charge in [-0.3, -0.25) is 14.2 Å². The van der Waals surface area contributed by atoms with Crippen LogP contribution < -0.4 is 0 Å². The molecule has 0 spiro atoms. The largest absolute Gasteiger partial charge is 0.334 e. The number of carbonyl (C=O) groups is 1. The number of aromatic nitrogens is 4. The Kier molecular flexibility index (Phi) is 4.27. The molecule has 0 aliphatic carbocycles. The second-order valence-corrected chi connectivity index (χ2v) is 5.59. The molecular weight excluding hydrogens is 322 g/mol. The molecule has 0 aliphatic heterocycles. The predicted octanol–water partition coefficient (Wildman–Crippen LogP) is 1.98. The van der Waals surface area contributed by atoms with Gasteiger partial charge < -0.3 is 4.90 Å². The number of halogens is 1. The lowest BCUT2D eigenvalue weighted by molar-refractivity contribution is 0.0772. The Balaban J connectivity index is 2.15. The van der Waals surface area contributed by atoms with E-state index in [2.05, 4.69) is 26.1 Å². The SMILES string of the molecule is CCn1cc(Br)c(CN(C)C(=O)c2cc(C)nn2C)n1. The summed E-state index contributed by atoms with van der Waals surface area (Å²) in [4.78, 5) is 14.0. The fraction of sp³-hybridized carbons (Fsp3) is 0.462. The number of hydrogen-bond donors (Lipinski definition) is 0. The Hall–Kier alpha value is -1.63. The summed E-state index contributed by atoms with van der Waals surface area (Å²) in [5.74, 6) is -0.0638. The highest BCUT2D eigenvalue weighted by atomic mass is 79.9. The van der Waals surface area contributed by atoms with Crippen LogP contribution in [0.5, 0.6) is 0 Å². The first kappa shape index (κ1) is 14.8. The number of rotatable bonds is 4. The Morgan fingerprint density at radius 1 is 1.45 bits per heavy atom. The zero-order valence-electron chi connectivity index (χ0n) is 12.1. The molecule has 2 aromatic heterocycles. The van der Waals surface area contributed by atoms with Gasteiger partial charge in [-0.1, -0.05) is 0 Å². The molecule has 0 bridgehead atoms. The van der Waals surface area contributed by atoms with Gasteiger partial charge in [0.15, 0.2) is 0 Å². The van der Waals surface area contributed by atoms with E-state index < -0.39 is 0 Å². The van der Waals surface area contributed by atoms with Crippen molar-refractivity contribution < 1.29 is 4.79 Å². The van der Waals surface area contributed by atoms with E-state index in [0.29, 0.717) is 12.2 Å². The normalized spacial score (nSPS) is 10.8. The molecule has 0 unspecified atom stereocenters. The standard InChI is InChI=1S/C13H18BrN5O/c1-5-19-7-10(14)11(16-19)8-17(3)13(20)12-6-9(2)15-18(12)4/h6-7H,5,8H2,1-4H3. The first-order valence-electron chi connectivity index (χ1n) is 6.40. The van der Waals surface area contributed by atoms with Crippen molar-refractivity contribution in [3.8, 4) is 0 Å². The van der Waals surface area contributed by atoms with Crippen molar-refractivity contribution in [1.29, 1.82) is 0 Å². The molecule has 108 valence electrons. The lowest BCUT2D eigenvalue weighted by Crippen LogP contribution is -2.28. The van der Waals surface area contributed by atoms with E-state index in [4.69, 9.17) is 0 Å². The van der Waals surface area contributed by atoms with Crippen LogP contribution in [0.1, 0.15) is 28.8 Å². The molecule has 2 heterocycles. The number of aryl methyl sites for hydroxylation is 3. The number of hydrogen-bond acceptors (Lipinski definition) is 3.